The molecule has 7 heteroatoms. The van der Waals surface area contributed by atoms with E-state index in [1.54, 1.807) is 48.5 Å². The third-order valence-corrected chi connectivity index (χ3v) is 4.40. The molecule has 0 aliphatic carbocycles. The zero-order chi connectivity index (χ0) is 20.2. The van der Waals surface area contributed by atoms with Crippen LogP contribution < -0.4 is 4.74 Å². The van der Waals surface area contributed by atoms with E-state index in [-0.39, 0.29) is 18.2 Å². The lowest BCUT2D eigenvalue weighted by Crippen LogP contribution is -2.01. The van der Waals surface area contributed by atoms with Gasteiger partial charge < -0.3 is 9.15 Å². The summed E-state index contributed by atoms with van der Waals surface area (Å²) in [7, 11) is 0. The zero-order valence-corrected chi connectivity index (χ0v) is 15.8. The van der Waals surface area contributed by atoms with Gasteiger partial charge in [0.2, 0.25) is 5.89 Å². The molecule has 0 saturated heterocycles. The third-order valence-electron chi connectivity index (χ3n) is 4.14. The van der Waals surface area contributed by atoms with Crippen LogP contribution in [-0.2, 0) is 6.61 Å². The molecule has 0 N–H and O–H groups in total. The highest BCUT2D eigenvalue weighted by molar-refractivity contribution is 6.30. The third kappa shape index (κ3) is 4.50. The summed E-state index contributed by atoms with van der Waals surface area (Å²) in [4.78, 5) is 12.4. The lowest BCUT2D eigenvalue weighted by molar-refractivity contribution is 0.103. The maximum atomic E-state index is 13.0. The summed E-state index contributed by atoms with van der Waals surface area (Å²) in [6.45, 7) is 0.0891. The average Bonchev–Trinajstić information content (AvgIpc) is 3.22. The van der Waals surface area contributed by atoms with Gasteiger partial charge in [0.05, 0.1) is 0 Å². The molecule has 0 aliphatic rings. The predicted molar refractivity (Wildman–Crippen MR) is 105 cm³/mol. The van der Waals surface area contributed by atoms with E-state index in [4.69, 9.17) is 20.8 Å². The fraction of sp³-hybridized carbons (Fsp3) is 0.0455. The molecule has 3 aromatic carbocycles. The fourth-order valence-electron chi connectivity index (χ4n) is 2.64. The molecule has 0 unspecified atom stereocenters. The highest BCUT2D eigenvalue weighted by atomic mass is 35.5. The number of hydrogen-bond acceptors (Lipinski definition) is 5. The van der Waals surface area contributed by atoms with Crippen LogP contribution >= 0.6 is 11.6 Å². The number of halogens is 2. The smallest absolute Gasteiger partial charge is 0.254 e. The molecule has 0 saturated carbocycles. The van der Waals surface area contributed by atoms with Crippen LogP contribution in [-0.4, -0.2) is 16.0 Å². The molecule has 0 aliphatic heterocycles. The normalized spacial score (nSPS) is 10.7. The molecule has 29 heavy (non-hydrogen) atoms. The lowest BCUT2D eigenvalue weighted by atomic mass is 10.0. The lowest BCUT2D eigenvalue weighted by Gasteiger charge is -2.05. The van der Waals surface area contributed by atoms with E-state index in [1.807, 2.05) is 0 Å². The Hall–Kier alpha value is -3.51. The Labute approximate surface area is 170 Å². The second-order valence-electron chi connectivity index (χ2n) is 6.16. The average molecular weight is 409 g/mol. The van der Waals surface area contributed by atoms with Crippen molar-refractivity contribution in [3.63, 3.8) is 0 Å². The zero-order valence-electron chi connectivity index (χ0n) is 15.0. The van der Waals surface area contributed by atoms with E-state index in [2.05, 4.69) is 10.2 Å². The molecule has 0 amide bonds. The van der Waals surface area contributed by atoms with Crippen molar-refractivity contribution in [1.29, 1.82) is 0 Å². The van der Waals surface area contributed by atoms with Crippen LogP contribution in [0.4, 0.5) is 4.39 Å². The highest BCUT2D eigenvalue weighted by Gasteiger charge is 2.11. The molecule has 0 radical (unpaired) electrons. The molecule has 0 atom stereocenters. The molecule has 144 valence electrons. The minimum Gasteiger partial charge on any atom is -0.484 e. The summed E-state index contributed by atoms with van der Waals surface area (Å²) < 4.78 is 24.2. The van der Waals surface area contributed by atoms with E-state index in [1.165, 1.54) is 24.3 Å². The second kappa shape index (κ2) is 8.24. The van der Waals surface area contributed by atoms with E-state index < -0.39 is 0 Å². The summed E-state index contributed by atoms with van der Waals surface area (Å²) in [5, 5.41) is 8.58. The molecular formula is C22H14ClFN2O3. The van der Waals surface area contributed by atoms with Gasteiger partial charge >= 0.3 is 0 Å². The molecule has 4 aromatic rings. The van der Waals surface area contributed by atoms with Gasteiger partial charge in [-0.1, -0.05) is 11.6 Å². The maximum Gasteiger partial charge on any atom is 0.254 e. The molecule has 1 aromatic heterocycles. The SMILES string of the molecule is O=C(c1ccc(F)cc1)c1ccc(OCc2nnc(-c3ccc(Cl)cc3)o2)cc1. The number of benzene rings is 3. The van der Waals surface area contributed by atoms with E-state index in [0.29, 0.717) is 33.7 Å². The Kier molecular flexibility index (Phi) is 5.35. The van der Waals surface area contributed by atoms with Crippen molar-refractivity contribution in [3.8, 4) is 17.2 Å². The van der Waals surface area contributed by atoms with Crippen LogP contribution in [0.1, 0.15) is 21.8 Å². The van der Waals surface area contributed by atoms with Crippen molar-refractivity contribution in [2.24, 2.45) is 0 Å². The first-order chi connectivity index (χ1) is 14.1. The number of ether oxygens (including phenoxy) is 1. The van der Waals surface area contributed by atoms with Crippen molar-refractivity contribution >= 4 is 17.4 Å². The summed E-state index contributed by atoms with van der Waals surface area (Å²) in [6, 6.07) is 19.1. The Morgan fingerprint density at radius 2 is 1.52 bits per heavy atom. The Balaban J connectivity index is 1.39. The van der Waals surface area contributed by atoms with Crippen LogP contribution in [0.3, 0.4) is 0 Å². The summed E-state index contributed by atoms with van der Waals surface area (Å²) >= 11 is 5.87. The van der Waals surface area contributed by atoms with Crippen molar-refractivity contribution in [1.82, 2.24) is 10.2 Å². The monoisotopic (exact) mass is 408 g/mol. The molecule has 0 fully saturated rings. The molecule has 1 heterocycles. The van der Waals surface area contributed by atoms with Crippen LogP contribution in [0.2, 0.25) is 5.02 Å². The van der Waals surface area contributed by atoms with Gasteiger partial charge in [0.1, 0.15) is 11.6 Å². The molecule has 0 bridgehead atoms. The van der Waals surface area contributed by atoms with E-state index in [0.717, 1.165) is 5.56 Å². The number of hydrogen-bond donors (Lipinski definition) is 0. The van der Waals surface area contributed by atoms with Crippen molar-refractivity contribution in [2.45, 2.75) is 6.61 Å². The Morgan fingerprint density at radius 3 is 2.17 bits per heavy atom. The first-order valence-electron chi connectivity index (χ1n) is 8.70. The topological polar surface area (TPSA) is 65.2 Å². The van der Waals surface area contributed by atoms with Gasteiger partial charge in [0.15, 0.2) is 12.4 Å². The summed E-state index contributed by atoms with van der Waals surface area (Å²) in [6.07, 6.45) is 0. The highest BCUT2D eigenvalue weighted by Crippen LogP contribution is 2.21. The largest absolute Gasteiger partial charge is 0.484 e. The Bertz CT molecular complexity index is 1120. The standard InChI is InChI=1S/C22H14ClFN2O3/c23-17-7-1-16(2-8-17)22-26-25-20(29-22)13-28-19-11-5-15(6-12-19)21(27)14-3-9-18(24)10-4-14/h1-12H,13H2. The quantitative estimate of drug-likeness (QED) is 0.403. The number of carbonyl (C=O) groups excluding carboxylic acids is 1. The van der Waals surface area contributed by atoms with Crippen LogP contribution in [0, 0.1) is 5.82 Å². The van der Waals surface area contributed by atoms with Gasteiger partial charge in [-0.15, -0.1) is 10.2 Å². The minimum atomic E-state index is -0.384. The number of rotatable bonds is 6. The number of ketones is 1. The van der Waals surface area contributed by atoms with E-state index in [9.17, 15) is 9.18 Å². The van der Waals surface area contributed by atoms with Crippen molar-refractivity contribution < 1.29 is 18.3 Å². The van der Waals surface area contributed by atoms with Crippen molar-refractivity contribution in [2.75, 3.05) is 0 Å². The predicted octanol–water partition coefficient (Wildman–Crippen LogP) is 5.34. The number of aromatic nitrogens is 2. The van der Waals surface area contributed by atoms with Crippen LogP contribution in [0.25, 0.3) is 11.5 Å². The molecule has 5 nitrogen and oxygen atoms in total. The summed E-state index contributed by atoms with van der Waals surface area (Å²) in [5.41, 5.74) is 1.66. The van der Waals surface area contributed by atoms with Gasteiger partial charge in [0.25, 0.3) is 5.89 Å². The Morgan fingerprint density at radius 1 is 0.897 bits per heavy atom. The first-order valence-corrected chi connectivity index (χ1v) is 9.08. The van der Waals surface area contributed by atoms with Crippen LogP contribution in [0.15, 0.2) is 77.2 Å². The van der Waals surface area contributed by atoms with Gasteiger partial charge in [-0.2, -0.15) is 0 Å². The van der Waals surface area contributed by atoms with E-state index >= 15 is 0 Å². The van der Waals surface area contributed by atoms with Crippen LogP contribution in [0.5, 0.6) is 5.75 Å². The second-order valence-corrected chi connectivity index (χ2v) is 6.59. The van der Waals surface area contributed by atoms with Gasteiger partial charge in [-0.05, 0) is 72.8 Å². The summed E-state index contributed by atoms with van der Waals surface area (Å²) in [5.74, 6) is 0.667. The van der Waals surface area contributed by atoms with Gasteiger partial charge in [0, 0.05) is 21.7 Å². The first kappa shape index (κ1) is 18.8. The molecule has 0 spiro atoms. The molecule has 4 rings (SSSR count). The van der Waals surface area contributed by atoms with Crippen molar-refractivity contribution in [3.05, 3.63) is 101 Å². The van der Waals surface area contributed by atoms with Gasteiger partial charge in [-0.3, -0.25) is 4.79 Å². The van der Waals surface area contributed by atoms with Gasteiger partial charge in [-0.25, -0.2) is 4.39 Å². The molecular weight excluding hydrogens is 395 g/mol. The number of carbonyl (C=O) groups is 1. The number of nitrogens with zero attached hydrogens (tertiary/aromatic N) is 2. The minimum absolute atomic E-state index is 0.0891. The fourth-order valence-corrected chi connectivity index (χ4v) is 2.76. The maximum absolute atomic E-state index is 13.0.